The first-order chi connectivity index (χ1) is 16.8. The van der Waals surface area contributed by atoms with Crippen molar-refractivity contribution in [3.63, 3.8) is 0 Å². The molecule has 4 amide bonds. The third kappa shape index (κ3) is 5.07. The molecule has 3 aromatic rings. The van der Waals surface area contributed by atoms with Gasteiger partial charge in [-0.15, -0.1) is 0 Å². The maximum atomic E-state index is 13.0. The molecule has 9 heteroatoms. The largest absolute Gasteiger partial charge is 0.493 e. The number of ether oxygens (including phenoxy) is 2. The lowest BCUT2D eigenvalue weighted by molar-refractivity contribution is -0.122. The van der Waals surface area contributed by atoms with E-state index in [4.69, 9.17) is 21.1 Å². The highest BCUT2D eigenvalue weighted by molar-refractivity contribution is 6.39. The van der Waals surface area contributed by atoms with Crippen molar-refractivity contribution in [2.75, 3.05) is 12.0 Å². The third-order valence-corrected chi connectivity index (χ3v) is 5.39. The van der Waals surface area contributed by atoms with Gasteiger partial charge < -0.3 is 9.47 Å². The minimum absolute atomic E-state index is 0.165. The molecule has 35 heavy (non-hydrogen) atoms. The van der Waals surface area contributed by atoms with E-state index >= 15 is 0 Å². The van der Waals surface area contributed by atoms with Crippen molar-refractivity contribution in [1.82, 2.24) is 5.32 Å². The van der Waals surface area contributed by atoms with Gasteiger partial charge in [0.25, 0.3) is 11.8 Å². The van der Waals surface area contributed by atoms with Crippen LogP contribution in [-0.2, 0) is 9.59 Å². The SMILES string of the molecule is COc1cc(/C=C2\C(=O)NC(=O)N(c3ccc(Cl)cc3)C2=O)ccc1OC(=O)c1cccc(C)c1. The number of carbonyl (C=O) groups is 4. The molecular formula is C26H19ClN2O6. The standard InChI is InChI=1S/C26H19ClN2O6/c1-15-4-3-5-17(12-15)25(32)35-21-11-6-16(14-22(21)34-2)13-20-23(30)28-26(33)29(24(20)31)19-9-7-18(27)8-10-19/h3-14H,1-2H3,(H,28,30,33)/b20-13+. The van der Waals surface area contributed by atoms with Gasteiger partial charge in [-0.1, -0.05) is 35.4 Å². The number of anilines is 1. The summed E-state index contributed by atoms with van der Waals surface area (Å²) in [5.74, 6) is -1.81. The van der Waals surface area contributed by atoms with E-state index in [1.807, 2.05) is 13.0 Å². The first kappa shape index (κ1) is 23.7. The van der Waals surface area contributed by atoms with E-state index in [-0.39, 0.29) is 22.8 Å². The number of nitrogens with one attached hydrogen (secondary N) is 1. The molecule has 0 atom stereocenters. The van der Waals surface area contributed by atoms with E-state index in [0.717, 1.165) is 10.5 Å². The van der Waals surface area contributed by atoms with Crippen LogP contribution in [0.3, 0.4) is 0 Å². The Morgan fingerprint density at radius 2 is 1.71 bits per heavy atom. The second-order valence-electron chi connectivity index (χ2n) is 7.60. The van der Waals surface area contributed by atoms with E-state index in [1.54, 1.807) is 24.3 Å². The molecule has 3 aromatic carbocycles. The quantitative estimate of drug-likeness (QED) is 0.244. The molecule has 1 saturated heterocycles. The number of carbonyl (C=O) groups excluding carboxylic acids is 4. The Kier molecular flexibility index (Phi) is 6.66. The molecule has 0 unspecified atom stereocenters. The Morgan fingerprint density at radius 3 is 2.40 bits per heavy atom. The molecule has 1 aliphatic rings. The zero-order valence-electron chi connectivity index (χ0n) is 18.7. The number of urea groups is 1. The molecule has 4 rings (SSSR count). The number of rotatable bonds is 5. The van der Waals surface area contributed by atoms with Gasteiger partial charge in [0, 0.05) is 5.02 Å². The minimum Gasteiger partial charge on any atom is -0.493 e. The van der Waals surface area contributed by atoms with Gasteiger partial charge in [-0.05, 0) is 67.1 Å². The first-order valence-corrected chi connectivity index (χ1v) is 10.8. The summed E-state index contributed by atoms with van der Waals surface area (Å²) in [6, 6.07) is 16.7. The predicted octanol–water partition coefficient (Wildman–Crippen LogP) is 4.54. The van der Waals surface area contributed by atoms with Crippen molar-refractivity contribution in [1.29, 1.82) is 0 Å². The lowest BCUT2D eigenvalue weighted by Gasteiger charge is -2.26. The van der Waals surface area contributed by atoms with Gasteiger partial charge in [0.15, 0.2) is 11.5 Å². The molecule has 0 saturated carbocycles. The van der Waals surface area contributed by atoms with E-state index in [1.165, 1.54) is 49.6 Å². The molecule has 1 aliphatic heterocycles. The molecule has 0 spiro atoms. The lowest BCUT2D eigenvalue weighted by Crippen LogP contribution is -2.54. The summed E-state index contributed by atoms with van der Waals surface area (Å²) in [6.45, 7) is 1.87. The van der Waals surface area contributed by atoms with Crippen molar-refractivity contribution in [3.05, 3.63) is 94.0 Å². The number of benzene rings is 3. The van der Waals surface area contributed by atoms with Crippen molar-refractivity contribution < 1.29 is 28.7 Å². The maximum Gasteiger partial charge on any atom is 0.343 e. The Morgan fingerprint density at radius 1 is 0.971 bits per heavy atom. The Balaban J connectivity index is 1.62. The van der Waals surface area contributed by atoms with Crippen molar-refractivity contribution >= 4 is 47.2 Å². The van der Waals surface area contributed by atoms with Crippen LogP contribution in [0.1, 0.15) is 21.5 Å². The zero-order chi connectivity index (χ0) is 25.1. The Hall–Kier alpha value is -4.43. The summed E-state index contributed by atoms with van der Waals surface area (Å²) in [5.41, 5.74) is 1.71. The van der Waals surface area contributed by atoms with E-state index < -0.39 is 23.8 Å². The highest BCUT2D eigenvalue weighted by atomic mass is 35.5. The van der Waals surface area contributed by atoms with Crippen LogP contribution in [0.2, 0.25) is 5.02 Å². The number of hydrogen-bond donors (Lipinski definition) is 1. The summed E-state index contributed by atoms with van der Waals surface area (Å²) in [5, 5.41) is 2.59. The number of nitrogens with zero attached hydrogens (tertiary/aromatic N) is 1. The fraction of sp³-hybridized carbons (Fsp3) is 0.0769. The van der Waals surface area contributed by atoms with Gasteiger partial charge in [0.05, 0.1) is 18.4 Å². The molecule has 0 aliphatic carbocycles. The summed E-state index contributed by atoms with van der Waals surface area (Å²) in [7, 11) is 1.40. The Labute approximate surface area is 205 Å². The fourth-order valence-corrected chi connectivity index (χ4v) is 3.56. The van der Waals surface area contributed by atoms with Gasteiger partial charge in [-0.3, -0.25) is 14.9 Å². The van der Waals surface area contributed by atoms with Crippen LogP contribution in [0.4, 0.5) is 10.5 Å². The van der Waals surface area contributed by atoms with Gasteiger partial charge in [0.1, 0.15) is 5.57 Å². The third-order valence-electron chi connectivity index (χ3n) is 5.14. The van der Waals surface area contributed by atoms with E-state index in [2.05, 4.69) is 5.32 Å². The van der Waals surface area contributed by atoms with Gasteiger partial charge in [-0.25, -0.2) is 14.5 Å². The number of aryl methyl sites for hydroxylation is 1. The minimum atomic E-state index is -0.865. The van der Waals surface area contributed by atoms with Gasteiger partial charge in [0.2, 0.25) is 0 Å². The summed E-state index contributed by atoms with van der Waals surface area (Å²) in [6.07, 6.45) is 1.32. The number of barbiturate groups is 1. The normalized spacial score (nSPS) is 14.7. The fourth-order valence-electron chi connectivity index (χ4n) is 3.44. The van der Waals surface area contributed by atoms with E-state index in [9.17, 15) is 19.2 Å². The second-order valence-corrected chi connectivity index (χ2v) is 8.04. The van der Waals surface area contributed by atoms with E-state index in [0.29, 0.717) is 16.1 Å². The summed E-state index contributed by atoms with van der Waals surface area (Å²) >= 11 is 5.88. The average molecular weight is 491 g/mol. The molecule has 1 N–H and O–H groups in total. The van der Waals surface area contributed by atoms with Crippen molar-refractivity contribution in [3.8, 4) is 11.5 Å². The number of imide groups is 2. The number of amides is 4. The van der Waals surface area contributed by atoms with Crippen LogP contribution in [0.5, 0.6) is 11.5 Å². The molecular weight excluding hydrogens is 472 g/mol. The summed E-state index contributed by atoms with van der Waals surface area (Å²) < 4.78 is 10.8. The predicted molar refractivity (Wildman–Crippen MR) is 130 cm³/mol. The van der Waals surface area contributed by atoms with Crippen LogP contribution >= 0.6 is 11.6 Å². The first-order valence-electron chi connectivity index (χ1n) is 10.4. The maximum absolute atomic E-state index is 13.0. The number of esters is 1. The molecule has 8 nitrogen and oxygen atoms in total. The smallest absolute Gasteiger partial charge is 0.343 e. The molecule has 176 valence electrons. The molecule has 0 bridgehead atoms. The van der Waals surface area contributed by atoms with Gasteiger partial charge >= 0.3 is 12.0 Å². The van der Waals surface area contributed by atoms with Crippen LogP contribution in [0.25, 0.3) is 6.08 Å². The van der Waals surface area contributed by atoms with Crippen molar-refractivity contribution in [2.24, 2.45) is 0 Å². The number of halogens is 1. The monoisotopic (exact) mass is 490 g/mol. The number of hydrogen-bond acceptors (Lipinski definition) is 6. The van der Waals surface area contributed by atoms with Crippen LogP contribution in [0, 0.1) is 6.92 Å². The lowest BCUT2D eigenvalue weighted by atomic mass is 10.1. The highest BCUT2D eigenvalue weighted by Crippen LogP contribution is 2.31. The van der Waals surface area contributed by atoms with Crippen LogP contribution < -0.4 is 19.7 Å². The average Bonchev–Trinajstić information content (AvgIpc) is 2.83. The second kappa shape index (κ2) is 9.82. The van der Waals surface area contributed by atoms with Gasteiger partial charge in [-0.2, -0.15) is 0 Å². The molecule has 1 fully saturated rings. The highest BCUT2D eigenvalue weighted by Gasteiger charge is 2.36. The van der Waals surface area contributed by atoms with Crippen LogP contribution in [0.15, 0.2) is 72.3 Å². The van der Waals surface area contributed by atoms with Crippen molar-refractivity contribution in [2.45, 2.75) is 6.92 Å². The molecule has 1 heterocycles. The number of methoxy groups -OCH3 is 1. The Bertz CT molecular complexity index is 1380. The molecule has 0 aromatic heterocycles. The summed E-state index contributed by atoms with van der Waals surface area (Å²) in [4.78, 5) is 51.1. The zero-order valence-corrected chi connectivity index (χ0v) is 19.5. The molecule has 0 radical (unpaired) electrons. The van der Waals surface area contributed by atoms with Crippen LogP contribution in [-0.4, -0.2) is 30.9 Å². The topological polar surface area (TPSA) is 102 Å².